The van der Waals surface area contributed by atoms with E-state index in [2.05, 4.69) is 10.4 Å². The van der Waals surface area contributed by atoms with E-state index < -0.39 is 0 Å². The molecule has 0 atom stereocenters. The molecule has 0 unspecified atom stereocenters. The summed E-state index contributed by atoms with van der Waals surface area (Å²) < 4.78 is 6.96. The predicted octanol–water partition coefficient (Wildman–Crippen LogP) is 3.45. The van der Waals surface area contributed by atoms with Gasteiger partial charge in [-0.3, -0.25) is 9.48 Å². The maximum Gasteiger partial charge on any atom is 0.246 e. The lowest BCUT2D eigenvalue weighted by Gasteiger charge is -2.10. The first-order chi connectivity index (χ1) is 11.2. The molecule has 0 saturated heterocycles. The van der Waals surface area contributed by atoms with Crippen LogP contribution >= 0.6 is 11.6 Å². The van der Waals surface area contributed by atoms with Crippen LogP contribution in [-0.2, 0) is 24.2 Å². The summed E-state index contributed by atoms with van der Waals surface area (Å²) >= 11 is 5.98. The molecule has 1 amide bonds. The number of aromatic nitrogens is 2. The number of hydrogen-bond donors (Lipinski definition) is 1. The van der Waals surface area contributed by atoms with Gasteiger partial charge in [-0.05, 0) is 49.4 Å². The Labute approximate surface area is 140 Å². The van der Waals surface area contributed by atoms with Gasteiger partial charge >= 0.3 is 0 Å². The van der Waals surface area contributed by atoms with Crippen LogP contribution in [0.5, 0.6) is 5.75 Å². The number of benzene rings is 1. The zero-order valence-corrected chi connectivity index (χ0v) is 13.9. The van der Waals surface area contributed by atoms with Gasteiger partial charge in [-0.25, -0.2) is 0 Å². The maximum atomic E-state index is 12.3. The molecule has 0 saturated carbocycles. The zero-order chi connectivity index (χ0) is 16.2. The number of halogens is 1. The standard InChI is InChI=1S/C17H20ClN3O2/c1-23-16-8-7-13(18)9-15(16)19-17(22)11-21-10-12-5-3-2-4-6-14(12)20-21/h7-10H,2-6,11H2,1H3,(H,19,22). The number of nitrogens with zero attached hydrogens (tertiary/aromatic N) is 2. The van der Waals surface area contributed by atoms with Gasteiger partial charge in [-0.2, -0.15) is 5.10 Å². The lowest BCUT2D eigenvalue weighted by atomic mass is 10.1. The van der Waals surface area contributed by atoms with Crippen LogP contribution in [0.25, 0.3) is 0 Å². The summed E-state index contributed by atoms with van der Waals surface area (Å²) in [6, 6.07) is 5.13. The number of carbonyl (C=O) groups excluding carboxylic acids is 1. The van der Waals surface area contributed by atoms with Crippen LogP contribution in [0.2, 0.25) is 5.02 Å². The van der Waals surface area contributed by atoms with Crippen LogP contribution in [0.15, 0.2) is 24.4 Å². The molecule has 0 bridgehead atoms. The summed E-state index contributed by atoms with van der Waals surface area (Å²) in [6.07, 6.45) is 7.69. The Morgan fingerprint density at radius 3 is 3.00 bits per heavy atom. The molecule has 0 spiro atoms. The Kier molecular flexibility index (Phi) is 4.86. The number of fused-ring (bicyclic) bond motifs is 1. The van der Waals surface area contributed by atoms with E-state index in [4.69, 9.17) is 16.3 Å². The second-order valence-electron chi connectivity index (χ2n) is 5.75. The van der Waals surface area contributed by atoms with E-state index in [0.717, 1.165) is 18.5 Å². The van der Waals surface area contributed by atoms with Crippen molar-refractivity contribution in [2.24, 2.45) is 0 Å². The molecule has 0 radical (unpaired) electrons. The summed E-state index contributed by atoms with van der Waals surface area (Å²) in [5, 5.41) is 7.93. The average molecular weight is 334 g/mol. The van der Waals surface area contributed by atoms with Crippen molar-refractivity contribution in [3.05, 3.63) is 40.7 Å². The molecule has 5 nitrogen and oxygen atoms in total. The number of anilines is 1. The first-order valence-electron chi connectivity index (χ1n) is 7.84. The first kappa shape index (κ1) is 15.9. The number of ether oxygens (including phenoxy) is 1. The highest BCUT2D eigenvalue weighted by molar-refractivity contribution is 6.31. The third kappa shape index (κ3) is 3.85. The minimum absolute atomic E-state index is 0.150. The number of carbonyl (C=O) groups is 1. The van der Waals surface area contributed by atoms with Crippen molar-refractivity contribution in [2.75, 3.05) is 12.4 Å². The van der Waals surface area contributed by atoms with Crippen LogP contribution in [0.1, 0.15) is 30.5 Å². The van der Waals surface area contributed by atoms with Crippen LogP contribution in [0, 0.1) is 0 Å². The molecule has 1 heterocycles. The van der Waals surface area contributed by atoms with E-state index in [1.54, 1.807) is 30.0 Å². The summed E-state index contributed by atoms with van der Waals surface area (Å²) in [4.78, 5) is 12.3. The molecule has 122 valence electrons. The van der Waals surface area contributed by atoms with Gasteiger partial charge in [0.1, 0.15) is 12.3 Å². The SMILES string of the molecule is COc1ccc(Cl)cc1NC(=O)Cn1cc2c(n1)CCCCC2. The molecule has 0 fully saturated rings. The average Bonchev–Trinajstić information content (AvgIpc) is 2.76. The van der Waals surface area contributed by atoms with Crippen molar-refractivity contribution < 1.29 is 9.53 Å². The van der Waals surface area contributed by atoms with Crippen LogP contribution in [0.4, 0.5) is 5.69 Å². The monoisotopic (exact) mass is 333 g/mol. The van der Waals surface area contributed by atoms with E-state index in [-0.39, 0.29) is 12.5 Å². The van der Waals surface area contributed by atoms with Gasteiger partial charge in [-0.1, -0.05) is 18.0 Å². The third-order valence-corrected chi connectivity index (χ3v) is 4.26. The van der Waals surface area contributed by atoms with Gasteiger partial charge in [0, 0.05) is 11.2 Å². The number of amides is 1. The summed E-state index contributed by atoms with van der Waals surface area (Å²) in [7, 11) is 1.56. The smallest absolute Gasteiger partial charge is 0.246 e. The molecule has 0 aliphatic heterocycles. The van der Waals surface area contributed by atoms with Crippen molar-refractivity contribution in [3.8, 4) is 5.75 Å². The highest BCUT2D eigenvalue weighted by Crippen LogP contribution is 2.27. The van der Waals surface area contributed by atoms with E-state index in [1.165, 1.54) is 24.8 Å². The highest BCUT2D eigenvalue weighted by Gasteiger charge is 2.14. The van der Waals surface area contributed by atoms with Gasteiger partial charge < -0.3 is 10.1 Å². The largest absolute Gasteiger partial charge is 0.495 e. The fourth-order valence-corrected chi connectivity index (χ4v) is 3.07. The fraction of sp³-hybridized carbons (Fsp3) is 0.412. The third-order valence-electron chi connectivity index (χ3n) is 4.03. The van der Waals surface area contributed by atoms with Crippen molar-refractivity contribution in [2.45, 2.75) is 38.6 Å². The minimum atomic E-state index is -0.150. The Morgan fingerprint density at radius 1 is 1.35 bits per heavy atom. The molecular formula is C17H20ClN3O2. The molecule has 1 aliphatic rings. The van der Waals surface area contributed by atoms with Crippen molar-refractivity contribution in [1.29, 1.82) is 0 Å². The molecule has 3 rings (SSSR count). The van der Waals surface area contributed by atoms with Crippen LogP contribution in [0.3, 0.4) is 0 Å². The van der Waals surface area contributed by atoms with Crippen LogP contribution in [-0.4, -0.2) is 22.8 Å². The van der Waals surface area contributed by atoms with E-state index in [1.807, 2.05) is 6.20 Å². The van der Waals surface area contributed by atoms with Gasteiger partial charge in [0.15, 0.2) is 0 Å². The summed E-state index contributed by atoms with van der Waals surface area (Å²) in [5.41, 5.74) is 2.98. The molecular weight excluding hydrogens is 314 g/mol. The second-order valence-corrected chi connectivity index (χ2v) is 6.19. The lowest BCUT2D eigenvalue weighted by Crippen LogP contribution is -2.19. The Balaban J connectivity index is 1.69. The molecule has 1 aromatic carbocycles. The zero-order valence-electron chi connectivity index (χ0n) is 13.1. The van der Waals surface area contributed by atoms with Gasteiger partial charge in [0.05, 0.1) is 18.5 Å². The van der Waals surface area contributed by atoms with Gasteiger partial charge in [0.25, 0.3) is 0 Å². The number of nitrogens with one attached hydrogen (secondary N) is 1. The first-order valence-corrected chi connectivity index (χ1v) is 8.22. The number of methoxy groups -OCH3 is 1. The molecule has 23 heavy (non-hydrogen) atoms. The van der Waals surface area contributed by atoms with Gasteiger partial charge in [-0.15, -0.1) is 0 Å². The Morgan fingerprint density at radius 2 is 2.17 bits per heavy atom. The van der Waals surface area contributed by atoms with Crippen LogP contribution < -0.4 is 10.1 Å². The Hall–Kier alpha value is -2.01. The highest BCUT2D eigenvalue weighted by atomic mass is 35.5. The number of aryl methyl sites for hydroxylation is 2. The van der Waals surface area contributed by atoms with Crippen molar-refractivity contribution in [1.82, 2.24) is 9.78 Å². The van der Waals surface area contributed by atoms with E-state index in [9.17, 15) is 4.79 Å². The quantitative estimate of drug-likeness (QED) is 0.872. The lowest BCUT2D eigenvalue weighted by molar-refractivity contribution is -0.116. The van der Waals surface area contributed by atoms with Crippen molar-refractivity contribution >= 4 is 23.2 Å². The molecule has 6 heteroatoms. The van der Waals surface area contributed by atoms with E-state index >= 15 is 0 Å². The van der Waals surface area contributed by atoms with E-state index in [0.29, 0.717) is 16.5 Å². The topological polar surface area (TPSA) is 56.1 Å². The van der Waals surface area contributed by atoms with Crippen molar-refractivity contribution in [3.63, 3.8) is 0 Å². The summed E-state index contributed by atoms with van der Waals surface area (Å²) in [6.45, 7) is 0.183. The molecule has 2 aromatic rings. The Bertz CT molecular complexity index is 688. The summed E-state index contributed by atoms with van der Waals surface area (Å²) in [5.74, 6) is 0.433. The minimum Gasteiger partial charge on any atom is -0.495 e. The molecule has 1 aromatic heterocycles. The molecule has 1 aliphatic carbocycles. The normalized spacial score (nSPS) is 14.0. The number of hydrogen-bond acceptors (Lipinski definition) is 3. The predicted molar refractivity (Wildman–Crippen MR) is 90.1 cm³/mol. The molecule has 1 N–H and O–H groups in total. The number of rotatable bonds is 4. The fourth-order valence-electron chi connectivity index (χ4n) is 2.90. The second kappa shape index (κ2) is 7.04. The van der Waals surface area contributed by atoms with Gasteiger partial charge in [0.2, 0.25) is 5.91 Å². The maximum absolute atomic E-state index is 12.3.